The number of non-ortho nitro benzene ring substituents is 1. The van der Waals surface area contributed by atoms with Crippen molar-refractivity contribution >= 4 is 61.9 Å². The van der Waals surface area contributed by atoms with Crippen LogP contribution in [0.2, 0.25) is 0 Å². The van der Waals surface area contributed by atoms with E-state index in [2.05, 4.69) is 15.9 Å². The molecule has 4 aromatic rings. The summed E-state index contributed by atoms with van der Waals surface area (Å²) in [5, 5.41) is 11.6. The van der Waals surface area contributed by atoms with Crippen LogP contribution < -0.4 is 4.90 Å². The van der Waals surface area contributed by atoms with E-state index < -0.39 is 4.92 Å². The molecule has 0 bridgehead atoms. The molecule has 0 aliphatic carbocycles. The molecule has 1 amide bonds. The first kappa shape index (κ1) is 24.7. The van der Waals surface area contributed by atoms with Gasteiger partial charge >= 0.3 is 0 Å². The Hall–Kier alpha value is -3.95. The second-order valence-electron chi connectivity index (χ2n) is 8.44. The molecule has 1 fully saturated rings. The summed E-state index contributed by atoms with van der Waals surface area (Å²) in [6.45, 7) is 4.01. The van der Waals surface area contributed by atoms with Crippen molar-refractivity contribution < 1.29 is 14.1 Å². The molecule has 0 radical (unpaired) electrons. The van der Waals surface area contributed by atoms with Crippen LogP contribution in [0.4, 0.5) is 17.1 Å². The number of hydrogen-bond donors (Lipinski definition) is 0. The lowest BCUT2D eigenvalue weighted by Gasteiger charge is -2.16. The summed E-state index contributed by atoms with van der Waals surface area (Å²) in [4.78, 5) is 30.9. The quantitative estimate of drug-likeness (QED) is 0.137. The van der Waals surface area contributed by atoms with Crippen molar-refractivity contribution in [2.24, 2.45) is 4.99 Å². The second kappa shape index (κ2) is 10.2. The molecule has 184 valence electrons. The van der Waals surface area contributed by atoms with Crippen LogP contribution in [0, 0.1) is 24.0 Å². The molecule has 5 rings (SSSR count). The molecule has 0 saturated carbocycles. The Morgan fingerprint density at radius 2 is 1.65 bits per heavy atom. The van der Waals surface area contributed by atoms with E-state index in [0.717, 1.165) is 22.5 Å². The summed E-state index contributed by atoms with van der Waals surface area (Å²) in [5.74, 6) is 0.804. The first-order valence-corrected chi connectivity index (χ1v) is 12.9. The summed E-state index contributed by atoms with van der Waals surface area (Å²) in [6, 6.07) is 23.5. The standard InChI is InChI=1S/C28H20BrN3O4S/c1-17-3-7-19(8-4-17)30-28-31(20-9-5-18(2)6-10-20)27(33)26(37-28)16-22-12-14-25(36-22)23-13-11-21(32(34)35)15-24(23)29/h3-16H,1-2H3/b26-16+,30-28?. The average molecular weight is 574 g/mol. The lowest BCUT2D eigenvalue weighted by Crippen LogP contribution is -2.28. The highest BCUT2D eigenvalue weighted by atomic mass is 79.9. The maximum absolute atomic E-state index is 13.5. The maximum atomic E-state index is 13.5. The van der Waals surface area contributed by atoms with Crippen LogP contribution in [0.5, 0.6) is 0 Å². The Morgan fingerprint density at radius 3 is 2.30 bits per heavy atom. The number of amidine groups is 1. The minimum absolute atomic E-state index is 0.0194. The first-order chi connectivity index (χ1) is 17.8. The van der Waals surface area contributed by atoms with E-state index in [1.165, 1.54) is 23.9 Å². The average Bonchev–Trinajstić information content (AvgIpc) is 3.45. The van der Waals surface area contributed by atoms with E-state index >= 15 is 0 Å². The predicted molar refractivity (Wildman–Crippen MR) is 151 cm³/mol. The fourth-order valence-corrected chi connectivity index (χ4v) is 5.26. The van der Waals surface area contributed by atoms with Crippen molar-refractivity contribution in [1.29, 1.82) is 0 Å². The topological polar surface area (TPSA) is 89.0 Å². The van der Waals surface area contributed by atoms with Crippen LogP contribution in [0.15, 0.2) is 97.7 Å². The Balaban J connectivity index is 1.49. The van der Waals surface area contributed by atoms with Crippen molar-refractivity contribution in [1.82, 2.24) is 0 Å². The lowest BCUT2D eigenvalue weighted by molar-refractivity contribution is -0.384. The number of thioether (sulfide) groups is 1. The highest BCUT2D eigenvalue weighted by Crippen LogP contribution is 2.39. The third kappa shape index (κ3) is 5.28. The fraction of sp³-hybridized carbons (Fsp3) is 0.0714. The monoisotopic (exact) mass is 573 g/mol. The number of aliphatic imine (C=N–C) groups is 1. The van der Waals surface area contributed by atoms with Crippen LogP contribution in [0.25, 0.3) is 17.4 Å². The van der Waals surface area contributed by atoms with E-state index in [1.54, 1.807) is 29.2 Å². The number of nitro benzene ring substituents is 1. The summed E-state index contributed by atoms with van der Waals surface area (Å²) in [6.07, 6.45) is 1.69. The number of furan rings is 1. The first-order valence-electron chi connectivity index (χ1n) is 11.3. The number of carbonyl (C=O) groups is 1. The Labute approximate surface area is 225 Å². The zero-order valence-electron chi connectivity index (χ0n) is 19.8. The summed E-state index contributed by atoms with van der Waals surface area (Å²) < 4.78 is 6.53. The third-order valence-electron chi connectivity index (χ3n) is 5.69. The molecule has 1 aliphatic rings. The number of halogens is 1. The van der Waals surface area contributed by atoms with E-state index in [1.807, 2.05) is 62.4 Å². The second-order valence-corrected chi connectivity index (χ2v) is 10.3. The van der Waals surface area contributed by atoms with Gasteiger partial charge < -0.3 is 4.42 Å². The van der Waals surface area contributed by atoms with Crippen molar-refractivity contribution in [3.8, 4) is 11.3 Å². The van der Waals surface area contributed by atoms with Gasteiger partial charge in [-0.15, -0.1) is 0 Å². The third-order valence-corrected chi connectivity index (χ3v) is 7.31. The zero-order chi connectivity index (χ0) is 26.1. The van der Waals surface area contributed by atoms with Crippen LogP contribution >= 0.6 is 27.7 Å². The molecule has 7 nitrogen and oxygen atoms in total. The van der Waals surface area contributed by atoms with Gasteiger partial charge in [-0.05, 0) is 84.0 Å². The molecular formula is C28H20BrN3O4S. The molecule has 0 unspecified atom stereocenters. The van der Waals surface area contributed by atoms with Crippen LogP contribution in [0.3, 0.4) is 0 Å². The SMILES string of the molecule is Cc1ccc(N=C2S/C(=C/c3ccc(-c4ccc([N+](=O)[O-])cc4Br)o3)C(=O)N2c2ccc(C)cc2)cc1. The van der Waals surface area contributed by atoms with Gasteiger partial charge in [0, 0.05) is 28.2 Å². The smallest absolute Gasteiger partial charge is 0.271 e. The van der Waals surface area contributed by atoms with Crippen molar-refractivity contribution in [3.63, 3.8) is 0 Å². The molecule has 0 spiro atoms. The number of amides is 1. The van der Waals surface area contributed by atoms with Gasteiger partial charge in [0.25, 0.3) is 11.6 Å². The number of nitro groups is 1. The number of nitrogens with zero attached hydrogens (tertiary/aromatic N) is 3. The Morgan fingerprint density at radius 1 is 0.973 bits per heavy atom. The number of hydrogen-bond acceptors (Lipinski definition) is 6. The molecular weight excluding hydrogens is 554 g/mol. The number of benzene rings is 3. The van der Waals surface area contributed by atoms with Crippen LogP contribution in [-0.4, -0.2) is 16.0 Å². The van der Waals surface area contributed by atoms with Gasteiger partial charge in [-0.25, -0.2) is 4.99 Å². The lowest BCUT2D eigenvalue weighted by atomic mass is 10.1. The Kier molecular flexibility index (Phi) is 6.82. The molecule has 37 heavy (non-hydrogen) atoms. The van der Waals surface area contributed by atoms with Crippen LogP contribution in [-0.2, 0) is 4.79 Å². The molecule has 3 aromatic carbocycles. The molecule has 1 saturated heterocycles. The largest absolute Gasteiger partial charge is 0.457 e. The normalized spacial score (nSPS) is 15.6. The van der Waals surface area contributed by atoms with Gasteiger partial charge in [0.05, 0.1) is 21.2 Å². The number of anilines is 1. The molecule has 1 aliphatic heterocycles. The van der Waals surface area contributed by atoms with Gasteiger partial charge in [0.2, 0.25) is 0 Å². The highest BCUT2D eigenvalue weighted by molar-refractivity contribution is 9.10. The fourth-order valence-electron chi connectivity index (χ4n) is 3.72. The molecule has 0 atom stereocenters. The summed E-state index contributed by atoms with van der Waals surface area (Å²) in [5.41, 5.74) is 4.35. The van der Waals surface area contributed by atoms with E-state index in [9.17, 15) is 14.9 Å². The van der Waals surface area contributed by atoms with Gasteiger partial charge in [0.15, 0.2) is 5.17 Å². The minimum atomic E-state index is -0.453. The van der Waals surface area contributed by atoms with Gasteiger partial charge in [-0.2, -0.15) is 0 Å². The number of carbonyl (C=O) groups excluding carboxylic acids is 1. The molecule has 1 aromatic heterocycles. The van der Waals surface area contributed by atoms with Crippen molar-refractivity contribution in [2.75, 3.05) is 4.90 Å². The van der Waals surface area contributed by atoms with Crippen molar-refractivity contribution in [2.45, 2.75) is 13.8 Å². The molecule has 2 heterocycles. The van der Waals surface area contributed by atoms with Gasteiger partial charge in [-0.1, -0.05) is 35.4 Å². The van der Waals surface area contributed by atoms with E-state index in [0.29, 0.717) is 31.6 Å². The minimum Gasteiger partial charge on any atom is -0.457 e. The van der Waals surface area contributed by atoms with Gasteiger partial charge in [0.1, 0.15) is 11.5 Å². The zero-order valence-corrected chi connectivity index (χ0v) is 22.2. The van der Waals surface area contributed by atoms with Crippen molar-refractivity contribution in [3.05, 3.63) is 115 Å². The van der Waals surface area contributed by atoms with Gasteiger partial charge in [-0.3, -0.25) is 19.8 Å². The van der Waals surface area contributed by atoms with E-state index in [-0.39, 0.29) is 11.6 Å². The molecule has 0 N–H and O–H groups in total. The predicted octanol–water partition coefficient (Wildman–Crippen LogP) is 8.04. The summed E-state index contributed by atoms with van der Waals surface area (Å²) >= 11 is 4.66. The summed E-state index contributed by atoms with van der Waals surface area (Å²) in [7, 11) is 0. The van der Waals surface area contributed by atoms with Crippen LogP contribution in [0.1, 0.15) is 16.9 Å². The molecule has 9 heteroatoms. The highest BCUT2D eigenvalue weighted by Gasteiger charge is 2.35. The number of aryl methyl sites for hydroxylation is 2. The maximum Gasteiger partial charge on any atom is 0.271 e. The number of rotatable bonds is 5. The Bertz CT molecular complexity index is 1570. The van der Waals surface area contributed by atoms with E-state index in [4.69, 9.17) is 9.41 Å².